The molecule has 1 saturated heterocycles. The molecule has 0 atom stereocenters. The van der Waals surface area contributed by atoms with Gasteiger partial charge in [0.25, 0.3) is 0 Å². The molecule has 0 aromatic heterocycles. The van der Waals surface area contributed by atoms with E-state index in [1.54, 1.807) is 12.1 Å². The van der Waals surface area contributed by atoms with Crippen molar-refractivity contribution < 1.29 is 4.39 Å². The molecule has 0 aliphatic carbocycles. The second-order valence-corrected chi connectivity index (χ2v) is 5.05. The molecule has 1 aromatic carbocycles. The summed E-state index contributed by atoms with van der Waals surface area (Å²) < 4.78 is 13.3. The molecule has 1 aromatic rings. The molecule has 0 amide bonds. The molecule has 1 N–H and O–H groups in total. The quantitative estimate of drug-likeness (QED) is 0.781. The molecular weight excluding hydrogens is 227 g/mol. The summed E-state index contributed by atoms with van der Waals surface area (Å²) in [6.45, 7) is 7.38. The lowest BCUT2D eigenvalue weighted by molar-refractivity contribution is 0.335. The highest BCUT2D eigenvalue weighted by molar-refractivity contribution is 5.24. The average molecular weight is 250 g/mol. The third-order valence-corrected chi connectivity index (χ3v) is 3.56. The highest BCUT2D eigenvalue weighted by Crippen LogP contribution is 2.10. The van der Waals surface area contributed by atoms with Crippen molar-refractivity contribution in [2.24, 2.45) is 0 Å². The molecule has 1 aliphatic heterocycles. The molecule has 1 fully saturated rings. The Bertz CT molecular complexity index is 373. The summed E-state index contributed by atoms with van der Waals surface area (Å²) in [5.41, 5.74) is 2.12. The highest BCUT2D eigenvalue weighted by Gasteiger charge is 2.10. The first-order valence-electron chi connectivity index (χ1n) is 6.99. The number of nitrogens with one attached hydrogen (secondary N) is 1. The lowest BCUT2D eigenvalue weighted by atomic mass is 10.1. The van der Waals surface area contributed by atoms with E-state index in [-0.39, 0.29) is 5.82 Å². The van der Waals surface area contributed by atoms with Crippen LogP contribution < -0.4 is 5.32 Å². The molecule has 0 saturated carbocycles. The van der Waals surface area contributed by atoms with Crippen LogP contribution in [0.4, 0.5) is 4.39 Å². The molecule has 0 radical (unpaired) electrons. The van der Waals surface area contributed by atoms with E-state index >= 15 is 0 Å². The standard InChI is InChI=1S/C15H23FN2/c1-2-13-9-14(11-15(16)10-13)12-17-5-8-18-6-3-4-7-18/h9-11,17H,2-8,12H2,1H3. The van der Waals surface area contributed by atoms with E-state index in [1.165, 1.54) is 25.9 Å². The Morgan fingerprint density at radius 2 is 1.89 bits per heavy atom. The molecule has 3 heteroatoms. The number of aryl methyl sites for hydroxylation is 1. The first kappa shape index (κ1) is 13.5. The first-order chi connectivity index (χ1) is 8.78. The van der Waals surface area contributed by atoms with Gasteiger partial charge in [-0.1, -0.05) is 13.0 Å². The summed E-state index contributed by atoms with van der Waals surface area (Å²) in [5.74, 6) is -0.120. The Morgan fingerprint density at radius 3 is 2.61 bits per heavy atom. The fourth-order valence-corrected chi connectivity index (χ4v) is 2.50. The molecular formula is C15H23FN2. The van der Waals surface area contributed by atoms with E-state index in [4.69, 9.17) is 0 Å². The van der Waals surface area contributed by atoms with E-state index in [2.05, 4.69) is 23.2 Å². The smallest absolute Gasteiger partial charge is 0.123 e. The van der Waals surface area contributed by atoms with Crippen LogP contribution in [0.5, 0.6) is 0 Å². The molecule has 0 bridgehead atoms. The topological polar surface area (TPSA) is 15.3 Å². The van der Waals surface area contributed by atoms with Crippen LogP contribution in [0.25, 0.3) is 0 Å². The average Bonchev–Trinajstić information content (AvgIpc) is 2.87. The van der Waals surface area contributed by atoms with Gasteiger partial charge >= 0.3 is 0 Å². The zero-order valence-electron chi connectivity index (χ0n) is 11.2. The summed E-state index contributed by atoms with van der Waals surface area (Å²) >= 11 is 0. The molecule has 2 rings (SSSR count). The lowest BCUT2D eigenvalue weighted by Crippen LogP contribution is -2.29. The van der Waals surface area contributed by atoms with Crippen LogP contribution >= 0.6 is 0 Å². The fraction of sp³-hybridized carbons (Fsp3) is 0.600. The zero-order chi connectivity index (χ0) is 12.8. The third kappa shape index (κ3) is 4.07. The number of nitrogens with zero attached hydrogens (tertiary/aromatic N) is 1. The van der Waals surface area contributed by atoms with E-state index in [1.807, 2.05) is 0 Å². The van der Waals surface area contributed by atoms with Crippen molar-refractivity contribution in [2.75, 3.05) is 26.2 Å². The highest BCUT2D eigenvalue weighted by atomic mass is 19.1. The minimum atomic E-state index is -0.120. The van der Waals surface area contributed by atoms with Crippen LogP contribution in [-0.4, -0.2) is 31.1 Å². The van der Waals surface area contributed by atoms with Crippen molar-refractivity contribution in [3.8, 4) is 0 Å². The molecule has 1 heterocycles. The number of hydrogen-bond acceptors (Lipinski definition) is 2. The van der Waals surface area contributed by atoms with Crippen molar-refractivity contribution in [1.29, 1.82) is 0 Å². The first-order valence-corrected chi connectivity index (χ1v) is 6.99. The van der Waals surface area contributed by atoms with Gasteiger partial charge in [-0.25, -0.2) is 4.39 Å². The van der Waals surface area contributed by atoms with E-state index in [9.17, 15) is 4.39 Å². The molecule has 100 valence electrons. The van der Waals surface area contributed by atoms with Gasteiger partial charge in [-0.15, -0.1) is 0 Å². The number of hydrogen-bond donors (Lipinski definition) is 1. The molecule has 0 spiro atoms. The normalized spacial score (nSPS) is 16.3. The van der Waals surface area contributed by atoms with Gasteiger partial charge in [0.2, 0.25) is 0 Å². The fourth-order valence-electron chi connectivity index (χ4n) is 2.50. The largest absolute Gasteiger partial charge is 0.311 e. The Hall–Kier alpha value is -0.930. The van der Waals surface area contributed by atoms with Gasteiger partial charge in [0, 0.05) is 19.6 Å². The molecule has 2 nitrogen and oxygen atoms in total. The Labute approximate surface area is 109 Å². The minimum Gasteiger partial charge on any atom is -0.311 e. The summed E-state index contributed by atoms with van der Waals surface area (Å²) in [5, 5.41) is 3.40. The van der Waals surface area contributed by atoms with Crippen LogP contribution in [0.1, 0.15) is 30.9 Å². The van der Waals surface area contributed by atoms with Crippen LogP contribution in [-0.2, 0) is 13.0 Å². The van der Waals surface area contributed by atoms with Crippen molar-refractivity contribution in [2.45, 2.75) is 32.7 Å². The molecule has 18 heavy (non-hydrogen) atoms. The van der Waals surface area contributed by atoms with Crippen molar-refractivity contribution >= 4 is 0 Å². The second kappa shape index (κ2) is 6.86. The zero-order valence-corrected chi connectivity index (χ0v) is 11.2. The Kier molecular flexibility index (Phi) is 5.14. The molecule has 0 unspecified atom stereocenters. The third-order valence-electron chi connectivity index (χ3n) is 3.56. The number of benzene rings is 1. The number of rotatable bonds is 6. The summed E-state index contributed by atoms with van der Waals surface area (Å²) in [6.07, 6.45) is 3.56. The maximum Gasteiger partial charge on any atom is 0.123 e. The van der Waals surface area contributed by atoms with Gasteiger partial charge in [-0.3, -0.25) is 0 Å². The number of halogens is 1. The lowest BCUT2D eigenvalue weighted by Gasteiger charge is -2.14. The summed E-state index contributed by atoms with van der Waals surface area (Å²) in [6, 6.07) is 5.34. The maximum absolute atomic E-state index is 13.3. The Morgan fingerprint density at radius 1 is 1.17 bits per heavy atom. The SMILES string of the molecule is CCc1cc(F)cc(CNCCN2CCCC2)c1. The Balaban J connectivity index is 1.73. The summed E-state index contributed by atoms with van der Waals surface area (Å²) in [4.78, 5) is 2.48. The predicted molar refractivity (Wildman–Crippen MR) is 73.2 cm³/mol. The second-order valence-electron chi connectivity index (χ2n) is 5.05. The maximum atomic E-state index is 13.3. The van der Waals surface area contributed by atoms with Crippen LogP contribution in [0, 0.1) is 5.82 Å². The van der Waals surface area contributed by atoms with Gasteiger partial charge in [-0.05, 0) is 55.6 Å². The van der Waals surface area contributed by atoms with Gasteiger partial charge in [0.05, 0.1) is 0 Å². The van der Waals surface area contributed by atoms with E-state index in [0.29, 0.717) is 0 Å². The summed E-state index contributed by atoms with van der Waals surface area (Å²) in [7, 11) is 0. The van der Waals surface area contributed by atoms with Gasteiger partial charge < -0.3 is 10.2 Å². The van der Waals surface area contributed by atoms with Crippen LogP contribution in [0.15, 0.2) is 18.2 Å². The van der Waals surface area contributed by atoms with Crippen LogP contribution in [0.3, 0.4) is 0 Å². The van der Waals surface area contributed by atoms with E-state index < -0.39 is 0 Å². The van der Waals surface area contributed by atoms with Gasteiger partial charge in [-0.2, -0.15) is 0 Å². The van der Waals surface area contributed by atoms with Crippen molar-refractivity contribution in [3.63, 3.8) is 0 Å². The predicted octanol–water partition coefficient (Wildman–Crippen LogP) is 2.57. The minimum absolute atomic E-state index is 0.120. The van der Waals surface area contributed by atoms with Crippen molar-refractivity contribution in [1.82, 2.24) is 10.2 Å². The van der Waals surface area contributed by atoms with Gasteiger partial charge in [0.15, 0.2) is 0 Å². The number of likely N-dealkylation sites (tertiary alicyclic amines) is 1. The van der Waals surface area contributed by atoms with E-state index in [0.717, 1.165) is 37.2 Å². The molecule has 1 aliphatic rings. The van der Waals surface area contributed by atoms with Gasteiger partial charge in [0.1, 0.15) is 5.82 Å². The van der Waals surface area contributed by atoms with Crippen LogP contribution in [0.2, 0.25) is 0 Å². The monoisotopic (exact) mass is 250 g/mol. The van der Waals surface area contributed by atoms with Crippen molar-refractivity contribution in [3.05, 3.63) is 35.1 Å².